The highest BCUT2D eigenvalue weighted by molar-refractivity contribution is 5.74. The van der Waals surface area contributed by atoms with Crippen LogP contribution >= 0.6 is 0 Å². The predicted octanol–water partition coefficient (Wildman–Crippen LogP) is 15.1. The van der Waals surface area contributed by atoms with E-state index in [4.69, 9.17) is 23.7 Å². The Morgan fingerprint density at radius 3 is 1.33 bits per heavy atom. The average molecular weight is 1050 g/mol. The zero-order valence-electron chi connectivity index (χ0n) is 47.0. The molecule has 1 heterocycles. The zero-order valence-corrected chi connectivity index (χ0v) is 47.0. The van der Waals surface area contributed by atoms with Crippen LogP contribution in [0.5, 0.6) is 0 Å². The summed E-state index contributed by atoms with van der Waals surface area (Å²) in [6.07, 6.45) is 52.7. The van der Waals surface area contributed by atoms with Crippen molar-refractivity contribution in [1.29, 1.82) is 0 Å². The lowest BCUT2D eigenvalue weighted by atomic mass is 9.98. The third kappa shape index (κ3) is 40.8. The molecule has 1 aliphatic rings. The fourth-order valence-electron chi connectivity index (χ4n) is 8.42. The van der Waals surface area contributed by atoms with E-state index in [0.717, 1.165) is 103 Å². The van der Waals surface area contributed by atoms with Gasteiger partial charge in [0.15, 0.2) is 24.6 Å². The number of carbonyl (C=O) groups excluding carboxylic acids is 3. The van der Waals surface area contributed by atoms with Crippen LogP contribution in [-0.2, 0) is 42.9 Å². The third-order valence-electron chi connectivity index (χ3n) is 13.0. The van der Waals surface area contributed by atoms with Gasteiger partial charge in [0.1, 0.15) is 18.8 Å². The largest absolute Gasteiger partial charge is 0.479 e. The van der Waals surface area contributed by atoms with Gasteiger partial charge in [0.05, 0.1) is 6.61 Å². The van der Waals surface area contributed by atoms with Crippen molar-refractivity contribution in [2.75, 3.05) is 13.2 Å². The molecule has 1 rings (SSSR count). The standard InChI is InChI=1S/C63H104O12/c1-4-7-10-13-16-19-22-24-26-27-28-29-31-32-35-37-40-43-46-49-55(64)71-52-54(73-56(65)50-47-44-41-38-34-21-18-15-12-9-6-3)53-72-63-61(59(68)58(67)60(75-63)62(69)70)74-57(66)51-48-45-42-39-36-33-30-25-23-20-17-14-11-8-5-2/h8,11,16-17,19-20,24-26,28-30,36,39,54,58-61,63,67-68H,4-7,9-10,12-15,18,21-23,27,31-35,37-38,40-53H2,1-3H3,(H,69,70)/b11-8-,19-16-,20-17-,26-24-,29-28-,30-25-,39-36-. The van der Waals surface area contributed by atoms with E-state index in [-0.39, 0.29) is 25.9 Å². The van der Waals surface area contributed by atoms with Crippen LogP contribution in [0.15, 0.2) is 85.1 Å². The van der Waals surface area contributed by atoms with Crippen molar-refractivity contribution in [2.45, 2.75) is 276 Å². The van der Waals surface area contributed by atoms with E-state index in [9.17, 15) is 34.5 Å². The Hall–Kier alpha value is -4.10. The van der Waals surface area contributed by atoms with Crippen LogP contribution in [0.4, 0.5) is 0 Å². The summed E-state index contributed by atoms with van der Waals surface area (Å²) in [5.41, 5.74) is 0. The number of hydrogen-bond donors (Lipinski definition) is 3. The van der Waals surface area contributed by atoms with Gasteiger partial charge in [-0.15, -0.1) is 0 Å². The first-order chi connectivity index (χ1) is 36.6. The minimum atomic E-state index is -1.92. The Bertz CT molecular complexity index is 1630. The fraction of sp³-hybridized carbons (Fsp3) is 0.714. The van der Waals surface area contributed by atoms with Gasteiger partial charge in [0, 0.05) is 19.3 Å². The second-order valence-corrected chi connectivity index (χ2v) is 19.9. The Kier molecular flexibility index (Phi) is 46.6. The van der Waals surface area contributed by atoms with Gasteiger partial charge in [-0.2, -0.15) is 0 Å². The summed E-state index contributed by atoms with van der Waals surface area (Å²) in [5, 5.41) is 31.4. The number of carboxylic acid groups (broad SMARTS) is 1. The second kappa shape index (κ2) is 50.7. The normalized spacial score (nSPS) is 18.8. The Morgan fingerprint density at radius 1 is 0.453 bits per heavy atom. The minimum absolute atomic E-state index is 0.00495. The van der Waals surface area contributed by atoms with Gasteiger partial charge in [0.25, 0.3) is 0 Å². The highest BCUT2D eigenvalue weighted by Gasteiger charge is 2.50. The number of unbranched alkanes of at least 4 members (excludes halogenated alkanes) is 21. The molecule has 6 atom stereocenters. The highest BCUT2D eigenvalue weighted by atomic mass is 16.7. The lowest BCUT2D eigenvalue weighted by Gasteiger charge is -2.40. The topological polar surface area (TPSA) is 175 Å². The highest BCUT2D eigenvalue weighted by Crippen LogP contribution is 2.26. The van der Waals surface area contributed by atoms with Crippen LogP contribution in [0.25, 0.3) is 0 Å². The van der Waals surface area contributed by atoms with Crippen LogP contribution < -0.4 is 0 Å². The van der Waals surface area contributed by atoms with E-state index in [1.165, 1.54) is 70.6 Å². The molecule has 1 saturated heterocycles. The summed E-state index contributed by atoms with van der Waals surface area (Å²) in [6.45, 7) is 5.81. The maximum atomic E-state index is 13.1. The number of rotatable bonds is 49. The number of carboxylic acids is 1. The molecule has 6 unspecified atom stereocenters. The molecule has 0 aliphatic carbocycles. The molecule has 75 heavy (non-hydrogen) atoms. The summed E-state index contributed by atoms with van der Waals surface area (Å²) in [7, 11) is 0. The summed E-state index contributed by atoms with van der Waals surface area (Å²) < 4.78 is 28.4. The van der Waals surface area contributed by atoms with Gasteiger partial charge < -0.3 is 39.0 Å². The number of aliphatic hydroxyl groups excluding tert-OH is 2. The molecule has 12 heteroatoms. The SMILES string of the molecule is CC/C=C\C/C=C\C/C=C\C/C=C\CCCCC(=O)OC1C(OCC(COC(=O)CCCCCCCC/C=C\C/C=C\C/C=C\CCCCC)OC(=O)CCCCCCCCCCCCC)OC(C(=O)O)C(O)C1O. The van der Waals surface area contributed by atoms with Crippen molar-refractivity contribution in [3.8, 4) is 0 Å². The van der Waals surface area contributed by atoms with Crippen molar-refractivity contribution in [2.24, 2.45) is 0 Å². The van der Waals surface area contributed by atoms with E-state index in [0.29, 0.717) is 25.7 Å². The zero-order chi connectivity index (χ0) is 54.7. The summed E-state index contributed by atoms with van der Waals surface area (Å²) in [5.74, 6) is -3.19. The number of ether oxygens (including phenoxy) is 5. The molecule has 0 saturated carbocycles. The molecule has 1 aliphatic heterocycles. The molecule has 0 spiro atoms. The van der Waals surface area contributed by atoms with E-state index in [2.05, 4.69) is 106 Å². The van der Waals surface area contributed by atoms with E-state index < -0.39 is 67.3 Å². The van der Waals surface area contributed by atoms with Gasteiger partial charge in [-0.3, -0.25) is 14.4 Å². The van der Waals surface area contributed by atoms with E-state index in [1.54, 1.807) is 0 Å². The van der Waals surface area contributed by atoms with E-state index >= 15 is 0 Å². The van der Waals surface area contributed by atoms with Crippen molar-refractivity contribution in [3.63, 3.8) is 0 Å². The fourth-order valence-corrected chi connectivity index (χ4v) is 8.42. The smallest absolute Gasteiger partial charge is 0.335 e. The monoisotopic (exact) mass is 1050 g/mol. The van der Waals surface area contributed by atoms with Gasteiger partial charge >= 0.3 is 23.9 Å². The molecule has 0 aromatic heterocycles. The lowest BCUT2D eigenvalue weighted by molar-refractivity contribution is -0.301. The molecule has 0 aromatic carbocycles. The molecule has 3 N–H and O–H groups in total. The van der Waals surface area contributed by atoms with Gasteiger partial charge in [-0.25, -0.2) is 4.79 Å². The van der Waals surface area contributed by atoms with E-state index in [1.807, 2.05) is 0 Å². The number of aliphatic hydroxyl groups is 2. The minimum Gasteiger partial charge on any atom is -0.479 e. The Balaban J connectivity index is 2.70. The lowest BCUT2D eigenvalue weighted by Crippen LogP contribution is -2.61. The van der Waals surface area contributed by atoms with Gasteiger partial charge in [-0.1, -0.05) is 209 Å². The molecular weight excluding hydrogens is 949 g/mol. The first kappa shape index (κ1) is 68.9. The molecule has 428 valence electrons. The molecule has 0 radical (unpaired) electrons. The van der Waals surface area contributed by atoms with Crippen LogP contribution in [-0.4, -0.2) is 89.2 Å². The van der Waals surface area contributed by atoms with Gasteiger partial charge in [0.2, 0.25) is 0 Å². The maximum absolute atomic E-state index is 13.1. The Morgan fingerprint density at radius 2 is 0.840 bits per heavy atom. The molecule has 0 aromatic rings. The van der Waals surface area contributed by atoms with Crippen molar-refractivity contribution in [3.05, 3.63) is 85.1 Å². The van der Waals surface area contributed by atoms with Gasteiger partial charge in [-0.05, 0) is 96.3 Å². The second-order valence-electron chi connectivity index (χ2n) is 19.9. The number of allylic oxidation sites excluding steroid dienone is 14. The van der Waals surface area contributed by atoms with Crippen molar-refractivity contribution < 1.29 is 58.2 Å². The summed E-state index contributed by atoms with van der Waals surface area (Å²) in [6, 6.07) is 0. The van der Waals surface area contributed by atoms with Crippen LogP contribution in [0.2, 0.25) is 0 Å². The number of carbonyl (C=O) groups is 4. The van der Waals surface area contributed by atoms with Crippen LogP contribution in [0.3, 0.4) is 0 Å². The summed E-state index contributed by atoms with van der Waals surface area (Å²) in [4.78, 5) is 51.1. The average Bonchev–Trinajstić information content (AvgIpc) is 3.39. The first-order valence-electron chi connectivity index (χ1n) is 29.6. The number of hydrogen-bond acceptors (Lipinski definition) is 11. The molecule has 0 amide bonds. The number of aliphatic carboxylic acids is 1. The molecular formula is C63H104O12. The van der Waals surface area contributed by atoms with Crippen molar-refractivity contribution >= 4 is 23.9 Å². The third-order valence-corrected chi connectivity index (χ3v) is 13.0. The quantitative estimate of drug-likeness (QED) is 0.0228. The van der Waals surface area contributed by atoms with Crippen LogP contribution in [0.1, 0.15) is 239 Å². The molecule has 0 bridgehead atoms. The number of esters is 3. The maximum Gasteiger partial charge on any atom is 0.335 e. The predicted molar refractivity (Wildman–Crippen MR) is 303 cm³/mol. The summed E-state index contributed by atoms with van der Waals surface area (Å²) >= 11 is 0. The first-order valence-corrected chi connectivity index (χ1v) is 29.6. The molecule has 12 nitrogen and oxygen atoms in total. The molecule has 1 fully saturated rings. The van der Waals surface area contributed by atoms with Crippen LogP contribution in [0, 0.1) is 0 Å². The van der Waals surface area contributed by atoms with Crippen molar-refractivity contribution in [1.82, 2.24) is 0 Å². The Labute approximate surface area is 454 Å².